The zero-order valence-corrected chi connectivity index (χ0v) is 18.5. The Morgan fingerprint density at radius 1 is 1.13 bits per heavy atom. The van der Waals surface area contributed by atoms with Crippen molar-refractivity contribution in [2.24, 2.45) is 0 Å². The average molecular weight is 410 g/mol. The normalized spacial score (nSPS) is 21.1. The molecular weight excluding hydrogens is 379 g/mol. The summed E-state index contributed by atoms with van der Waals surface area (Å²) in [4.78, 5) is 14.5. The number of likely N-dealkylation sites (tertiary alicyclic amines) is 1. The van der Waals surface area contributed by atoms with Gasteiger partial charge in [0, 0.05) is 36.6 Å². The molecule has 160 valence electrons. The summed E-state index contributed by atoms with van der Waals surface area (Å²) in [6, 6.07) is 8.06. The van der Waals surface area contributed by atoms with Crippen LogP contribution in [0, 0.1) is 6.92 Å². The summed E-state index contributed by atoms with van der Waals surface area (Å²) in [5.41, 5.74) is 2.13. The van der Waals surface area contributed by atoms with E-state index in [4.69, 9.17) is 9.31 Å². The van der Waals surface area contributed by atoms with Crippen LogP contribution in [0.3, 0.4) is 0 Å². The number of urea groups is 1. The standard InChI is InChI=1S/C22H31BN4O3/c1-16-8-6-7-9-19(16)25-20(28)26-12-10-18(11-13-26)27-15-17(14-24-27)23-29-21(2,3)22(4,5)30-23/h6-9,14-15,18H,10-13H2,1-5H3,(H,25,28). The minimum absolute atomic E-state index is 0.0406. The zero-order valence-electron chi connectivity index (χ0n) is 18.5. The molecule has 1 aromatic heterocycles. The molecule has 2 aromatic rings. The number of amides is 2. The summed E-state index contributed by atoms with van der Waals surface area (Å²) in [5.74, 6) is 0. The highest BCUT2D eigenvalue weighted by Gasteiger charge is 2.52. The van der Waals surface area contributed by atoms with Gasteiger partial charge in [-0.05, 0) is 59.1 Å². The van der Waals surface area contributed by atoms with Gasteiger partial charge in [0.05, 0.1) is 17.2 Å². The lowest BCUT2D eigenvalue weighted by Crippen LogP contribution is -2.41. The van der Waals surface area contributed by atoms with Gasteiger partial charge in [-0.3, -0.25) is 4.68 Å². The van der Waals surface area contributed by atoms with Crippen molar-refractivity contribution in [1.29, 1.82) is 0 Å². The second-order valence-electron chi connectivity index (χ2n) is 9.31. The van der Waals surface area contributed by atoms with E-state index in [0.717, 1.165) is 29.6 Å². The highest BCUT2D eigenvalue weighted by Crippen LogP contribution is 2.36. The number of nitrogens with zero attached hydrogens (tertiary/aromatic N) is 3. The second kappa shape index (κ2) is 7.74. The van der Waals surface area contributed by atoms with Gasteiger partial charge in [-0.15, -0.1) is 0 Å². The third kappa shape index (κ3) is 3.98. The van der Waals surface area contributed by atoms with Crippen LogP contribution in [-0.4, -0.2) is 52.1 Å². The predicted octanol–water partition coefficient (Wildman–Crippen LogP) is 3.36. The molecule has 2 saturated heterocycles. The summed E-state index contributed by atoms with van der Waals surface area (Å²) in [7, 11) is -0.399. The summed E-state index contributed by atoms with van der Waals surface area (Å²) in [5, 5.41) is 7.59. The lowest BCUT2D eigenvalue weighted by Gasteiger charge is -2.32. The quantitative estimate of drug-likeness (QED) is 0.788. The molecule has 8 heteroatoms. The number of benzene rings is 1. The molecule has 0 atom stereocenters. The summed E-state index contributed by atoms with van der Waals surface area (Å²) >= 11 is 0. The maximum absolute atomic E-state index is 12.6. The summed E-state index contributed by atoms with van der Waals surface area (Å²) < 4.78 is 14.3. The van der Waals surface area contributed by atoms with E-state index in [-0.39, 0.29) is 23.3 Å². The smallest absolute Gasteiger partial charge is 0.399 e. The Labute approximate surface area is 178 Å². The van der Waals surface area contributed by atoms with Crippen molar-refractivity contribution in [3.8, 4) is 0 Å². The first-order valence-electron chi connectivity index (χ1n) is 10.7. The number of nitrogens with one attached hydrogen (secondary N) is 1. The second-order valence-corrected chi connectivity index (χ2v) is 9.31. The first kappa shape index (κ1) is 20.9. The van der Waals surface area contributed by atoms with Gasteiger partial charge >= 0.3 is 13.1 Å². The van der Waals surface area contributed by atoms with Crippen molar-refractivity contribution < 1.29 is 14.1 Å². The van der Waals surface area contributed by atoms with E-state index in [0.29, 0.717) is 13.1 Å². The lowest BCUT2D eigenvalue weighted by atomic mass is 9.82. The van der Waals surface area contributed by atoms with E-state index in [9.17, 15) is 4.79 Å². The fourth-order valence-electron chi connectivity index (χ4n) is 3.89. The molecule has 2 fully saturated rings. The zero-order chi connectivity index (χ0) is 21.5. The van der Waals surface area contributed by atoms with Crippen molar-refractivity contribution in [1.82, 2.24) is 14.7 Å². The van der Waals surface area contributed by atoms with Crippen molar-refractivity contribution in [2.45, 2.75) is 64.7 Å². The largest absolute Gasteiger partial charge is 0.498 e. The summed E-state index contributed by atoms with van der Waals surface area (Å²) in [6.07, 6.45) is 5.59. The van der Waals surface area contributed by atoms with Crippen LogP contribution in [-0.2, 0) is 9.31 Å². The van der Waals surface area contributed by atoms with Crippen LogP contribution >= 0.6 is 0 Å². The minimum Gasteiger partial charge on any atom is -0.399 e. The van der Waals surface area contributed by atoms with Gasteiger partial charge in [-0.2, -0.15) is 5.10 Å². The molecule has 0 saturated carbocycles. The number of carbonyl (C=O) groups is 1. The Hall–Kier alpha value is -2.32. The van der Waals surface area contributed by atoms with Crippen LogP contribution < -0.4 is 10.8 Å². The highest BCUT2D eigenvalue weighted by molar-refractivity contribution is 6.62. The average Bonchev–Trinajstić information content (AvgIpc) is 3.26. The molecule has 2 aliphatic heterocycles. The van der Waals surface area contributed by atoms with Gasteiger partial charge in [0.15, 0.2) is 0 Å². The molecule has 0 unspecified atom stereocenters. The molecule has 0 radical (unpaired) electrons. The fraction of sp³-hybridized carbons (Fsp3) is 0.545. The molecule has 0 bridgehead atoms. The number of rotatable bonds is 3. The molecule has 0 aliphatic carbocycles. The third-order valence-corrected chi connectivity index (χ3v) is 6.66. The minimum atomic E-state index is -0.399. The molecule has 3 heterocycles. The van der Waals surface area contributed by atoms with E-state index in [1.165, 1.54) is 0 Å². The Balaban J connectivity index is 1.34. The van der Waals surface area contributed by atoms with E-state index < -0.39 is 7.12 Å². The number of carbonyl (C=O) groups excluding carboxylic acids is 1. The Kier molecular flexibility index (Phi) is 5.40. The van der Waals surface area contributed by atoms with Crippen LogP contribution in [0.25, 0.3) is 0 Å². The maximum Gasteiger partial charge on any atom is 0.498 e. The molecule has 2 aliphatic rings. The molecule has 1 aromatic carbocycles. The van der Waals surface area contributed by atoms with E-state index in [2.05, 4.69) is 38.1 Å². The van der Waals surface area contributed by atoms with Gasteiger partial charge in [0.2, 0.25) is 0 Å². The van der Waals surface area contributed by atoms with E-state index in [1.54, 1.807) is 0 Å². The number of piperidine rings is 1. The lowest BCUT2D eigenvalue weighted by molar-refractivity contribution is 0.00578. The number of anilines is 1. The van der Waals surface area contributed by atoms with Crippen LogP contribution in [0.1, 0.15) is 52.1 Å². The van der Waals surface area contributed by atoms with Gasteiger partial charge in [0.1, 0.15) is 0 Å². The van der Waals surface area contributed by atoms with Crippen molar-refractivity contribution in [3.05, 3.63) is 42.2 Å². The van der Waals surface area contributed by atoms with Gasteiger partial charge in [-0.1, -0.05) is 18.2 Å². The number of hydrogen-bond donors (Lipinski definition) is 1. The first-order chi connectivity index (χ1) is 14.2. The van der Waals surface area contributed by atoms with Crippen LogP contribution in [0.15, 0.2) is 36.7 Å². The highest BCUT2D eigenvalue weighted by atomic mass is 16.7. The van der Waals surface area contributed by atoms with Gasteiger partial charge in [0.25, 0.3) is 0 Å². The molecule has 7 nitrogen and oxygen atoms in total. The maximum atomic E-state index is 12.6. The third-order valence-electron chi connectivity index (χ3n) is 6.66. The topological polar surface area (TPSA) is 68.6 Å². The van der Waals surface area contributed by atoms with Crippen LogP contribution in [0.5, 0.6) is 0 Å². The monoisotopic (exact) mass is 410 g/mol. The predicted molar refractivity (Wildman–Crippen MR) is 118 cm³/mol. The molecule has 1 N–H and O–H groups in total. The van der Waals surface area contributed by atoms with E-state index >= 15 is 0 Å². The number of para-hydroxylation sites is 1. The number of aromatic nitrogens is 2. The molecule has 30 heavy (non-hydrogen) atoms. The number of hydrogen-bond acceptors (Lipinski definition) is 4. The molecule has 4 rings (SSSR count). The SMILES string of the molecule is Cc1ccccc1NC(=O)N1CCC(n2cc(B3OC(C)(C)C(C)(C)O3)cn2)CC1. The molecule has 2 amide bonds. The Morgan fingerprint density at radius 3 is 2.40 bits per heavy atom. The molecular formula is C22H31BN4O3. The Morgan fingerprint density at radius 2 is 1.77 bits per heavy atom. The Bertz CT molecular complexity index is 903. The first-order valence-corrected chi connectivity index (χ1v) is 10.7. The summed E-state index contributed by atoms with van der Waals surface area (Å²) in [6.45, 7) is 11.6. The van der Waals surface area contributed by atoms with Crippen molar-refractivity contribution in [3.63, 3.8) is 0 Å². The number of aryl methyl sites for hydroxylation is 1. The van der Waals surface area contributed by atoms with Gasteiger partial charge in [-0.25, -0.2) is 4.79 Å². The fourth-order valence-corrected chi connectivity index (χ4v) is 3.89. The van der Waals surface area contributed by atoms with Gasteiger partial charge < -0.3 is 19.5 Å². The van der Waals surface area contributed by atoms with Crippen molar-refractivity contribution >= 4 is 24.3 Å². The van der Waals surface area contributed by atoms with Crippen LogP contribution in [0.2, 0.25) is 0 Å². The van der Waals surface area contributed by atoms with E-state index in [1.807, 2.05) is 53.2 Å². The van der Waals surface area contributed by atoms with Crippen LogP contribution in [0.4, 0.5) is 10.5 Å². The van der Waals surface area contributed by atoms with Crippen molar-refractivity contribution in [2.75, 3.05) is 18.4 Å². The molecule has 0 spiro atoms.